The van der Waals surface area contributed by atoms with Gasteiger partial charge in [-0.05, 0) is 49.2 Å². The van der Waals surface area contributed by atoms with E-state index in [9.17, 15) is 9.59 Å². The summed E-state index contributed by atoms with van der Waals surface area (Å²) in [5.74, 6) is -0.462. The molecular weight excluding hydrogens is 346 g/mol. The van der Waals surface area contributed by atoms with Crippen LogP contribution in [0.4, 0.5) is 0 Å². The van der Waals surface area contributed by atoms with Crippen molar-refractivity contribution in [3.05, 3.63) is 69.6 Å². The average Bonchev–Trinajstić information content (AvgIpc) is 3.04. The van der Waals surface area contributed by atoms with Crippen molar-refractivity contribution in [3.63, 3.8) is 0 Å². The van der Waals surface area contributed by atoms with Gasteiger partial charge in [0.2, 0.25) is 0 Å². The third-order valence-electron chi connectivity index (χ3n) is 4.53. The summed E-state index contributed by atoms with van der Waals surface area (Å²) in [6, 6.07) is 12.5. The summed E-state index contributed by atoms with van der Waals surface area (Å²) in [6.45, 7) is 3.85. The van der Waals surface area contributed by atoms with E-state index in [2.05, 4.69) is 10.3 Å². The van der Waals surface area contributed by atoms with E-state index >= 15 is 0 Å². The molecule has 0 atom stereocenters. The van der Waals surface area contributed by atoms with Crippen LogP contribution in [0.25, 0.3) is 22.0 Å². The van der Waals surface area contributed by atoms with Crippen LogP contribution in [0, 0.1) is 13.8 Å². The molecule has 2 aromatic heterocycles. The Labute approximate surface area is 154 Å². The Kier molecular flexibility index (Phi) is 4.19. The lowest BCUT2D eigenvalue weighted by atomic mass is 10.0. The number of benzene rings is 2. The van der Waals surface area contributed by atoms with E-state index in [0.717, 1.165) is 22.0 Å². The smallest absolute Gasteiger partial charge is 0.336 e. The maximum atomic E-state index is 12.3. The van der Waals surface area contributed by atoms with Gasteiger partial charge in [0.25, 0.3) is 0 Å². The van der Waals surface area contributed by atoms with Gasteiger partial charge < -0.3 is 9.15 Å². The van der Waals surface area contributed by atoms with Gasteiger partial charge in [0.05, 0.1) is 5.52 Å². The predicted molar refractivity (Wildman–Crippen MR) is 99.3 cm³/mol. The zero-order chi connectivity index (χ0) is 19.0. The molecule has 0 unspecified atom stereocenters. The van der Waals surface area contributed by atoms with Gasteiger partial charge in [0.15, 0.2) is 0 Å². The third kappa shape index (κ3) is 3.31. The molecule has 136 valence electrons. The maximum Gasteiger partial charge on any atom is 0.336 e. The van der Waals surface area contributed by atoms with Crippen molar-refractivity contribution >= 4 is 28.0 Å². The molecule has 0 saturated heterocycles. The van der Waals surface area contributed by atoms with Crippen LogP contribution >= 0.6 is 0 Å². The second kappa shape index (κ2) is 6.68. The molecule has 0 aliphatic heterocycles. The Hall–Kier alpha value is -3.48. The van der Waals surface area contributed by atoms with E-state index in [0.29, 0.717) is 16.7 Å². The summed E-state index contributed by atoms with van der Waals surface area (Å²) >= 11 is 0. The number of nitrogens with zero attached hydrogens (tertiary/aromatic N) is 3. The van der Waals surface area contributed by atoms with Crippen LogP contribution in [0.5, 0.6) is 0 Å². The number of aryl methyl sites for hydroxylation is 2. The summed E-state index contributed by atoms with van der Waals surface area (Å²) in [5.41, 5.74) is 4.18. The molecule has 2 aromatic carbocycles. The molecule has 0 saturated carbocycles. The minimum absolute atomic E-state index is 0.0178. The lowest BCUT2D eigenvalue weighted by Crippen LogP contribution is -2.15. The predicted octanol–water partition coefficient (Wildman–Crippen LogP) is 2.90. The quantitative estimate of drug-likeness (QED) is 0.409. The first-order valence-corrected chi connectivity index (χ1v) is 8.49. The molecule has 27 heavy (non-hydrogen) atoms. The van der Waals surface area contributed by atoms with E-state index in [-0.39, 0.29) is 13.2 Å². The van der Waals surface area contributed by atoms with Gasteiger partial charge in [0.1, 0.15) is 24.3 Å². The number of hydrogen-bond donors (Lipinski definition) is 0. The molecule has 7 nitrogen and oxygen atoms in total. The molecule has 0 aliphatic carbocycles. The van der Waals surface area contributed by atoms with Crippen LogP contribution in [0.1, 0.15) is 16.7 Å². The third-order valence-corrected chi connectivity index (χ3v) is 4.53. The molecule has 7 heteroatoms. The number of fused-ring (bicyclic) bond motifs is 2. The zero-order valence-corrected chi connectivity index (χ0v) is 14.9. The van der Waals surface area contributed by atoms with Gasteiger partial charge >= 0.3 is 11.6 Å². The van der Waals surface area contributed by atoms with Crippen LogP contribution in [-0.4, -0.2) is 21.0 Å². The summed E-state index contributed by atoms with van der Waals surface area (Å²) in [4.78, 5) is 24.1. The van der Waals surface area contributed by atoms with Crippen LogP contribution in [0.3, 0.4) is 0 Å². The van der Waals surface area contributed by atoms with Gasteiger partial charge in [-0.25, -0.2) is 9.48 Å². The van der Waals surface area contributed by atoms with Gasteiger partial charge in [-0.1, -0.05) is 17.3 Å². The van der Waals surface area contributed by atoms with E-state index in [1.165, 1.54) is 10.7 Å². The Balaban J connectivity index is 1.55. The minimum Gasteiger partial charge on any atom is -0.459 e. The van der Waals surface area contributed by atoms with Gasteiger partial charge in [-0.15, -0.1) is 5.10 Å². The van der Waals surface area contributed by atoms with Crippen LogP contribution in [0.2, 0.25) is 0 Å². The number of carbonyl (C=O) groups excluding carboxylic acids is 1. The molecule has 0 radical (unpaired) electrons. The van der Waals surface area contributed by atoms with Gasteiger partial charge in [-0.2, -0.15) is 0 Å². The normalized spacial score (nSPS) is 11.2. The Morgan fingerprint density at radius 1 is 1.15 bits per heavy atom. The highest BCUT2D eigenvalue weighted by Crippen LogP contribution is 2.22. The van der Waals surface area contributed by atoms with Gasteiger partial charge in [-0.3, -0.25) is 4.79 Å². The number of ether oxygens (including phenoxy) is 1. The molecule has 0 spiro atoms. The minimum atomic E-state index is -0.473. The lowest BCUT2D eigenvalue weighted by Gasteiger charge is -2.09. The van der Waals surface area contributed by atoms with Crippen molar-refractivity contribution in [2.45, 2.75) is 27.0 Å². The zero-order valence-electron chi connectivity index (χ0n) is 14.9. The Morgan fingerprint density at radius 3 is 2.78 bits per heavy atom. The number of aromatic nitrogens is 3. The molecule has 4 rings (SSSR count). The molecular formula is C20H17N3O4. The first-order chi connectivity index (χ1) is 13.0. The first-order valence-electron chi connectivity index (χ1n) is 8.49. The van der Waals surface area contributed by atoms with Crippen molar-refractivity contribution in [1.82, 2.24) is 15.0 Å². The fraction of sp³-hybridized carbons (Fsp3) is 0.200. The van der Waals surface area contributed by atoms with E-state index in [4.69, 9.17) is 9.15 Å². The van der Waals surface area contributed by atoms with Crippen molar-refractivity contribution in [2.75, 3.05) is 0 Å². The van der Waals surface area contributed by atoms with Crippen molar-refractivity contribution < 1.29 is 13.9 Å². The van der Waals surface area contributed by atoms with E-state index in [1.54, 1.807) is 0 Å². The SMILES string of the molecule is Cc1cc2oc(=O)cc(COC(=O)Cn3nnc4ccccc43)c2cc1C. The van der Waals surface area contributed by atoms with Crippen molar-refractivity contribution in [2.24, 2.45) is 0 Å². The topological polar surface area (TPSA) is 87.2 Å². The standard InChI is InChI=1S/C20H17N3O4/c1-12-7-15-14(9-19(24)27-18(15)8-13(12)2)11-26-20(25)10-23-17-6-4-3-5-16(17)21-22-23/h3-9H,10-11H2,1-2H3. The summed E-state index contributed by atoms with van der Waals surface area (Å²) in [7, 11) is 0. The second-order valence-electron chi connectivity index (χ2n) is 6.42. The highest BCUT2D eigenvalue weighted by Gasteiger charge is 2.13. The first kappa shape index (κ1) is 17.0. The molecule has 2 heterocycles. The summed E-state index contributed by atoms with van der Waals surface area (Å²) in [5, 5.41) is 8.75. The Bertz CT molecular complexity index is 1220. The molecule has 0 N–H and O–H groups in total. The number of carbonyl (C=O) groups is 1. The van der Waals surface area contributed by atoms with Crippen LogP contribution < -0.4 is 5.63 Å². The molecule has 0 fully saturated rings. The largest absolute Gasteiger partial charge is 0.459 e. The highest BCUT2D eigenvalue weighted by atomic mass is 16.5. The van der Waals surface area contributed by atoms with E-state index < -0.39 is 11.6 Å². The number of hydrogen-bond acceptors (Lipinski definition) is 6. The molecule has 0 bridgehead atoms. The number of rotatable bonds is 4. The van der Waals surface area contributed by atoms with E-state index in [1.807, 2.05) is 50.2 Å². The average molecular weight is 363 g/mol. The monoisotopic (exact) mass is 363 g/mol. The summed E-state index contributed by atoms with van der Waals surface area (Å²) in [6.07, 6.45) is 0. The van der Waals surface area contributed by atoms with Crippen LogP contribution in [-0.2, 0) is 22.7 Å². The number of esters is 1. The summed E-state index contributed by atoms with van der Waals surface area (Å²) < 4.78 is 12.1. The number of para-hydroxylation sites is 1. The molecule has 4 aromatic rings. The highest BCUT2D eigenvalue weighted by molar-refractivity contribution is 5.82. The maximum absolute atomic E-state index is 12.3. The molecule has 0 aliphatic rings. The second-order valence-corrected chi connectivity index (χ2v) is 6.42. The fourth-order valence-corrected chi connectivity index (χ4v) is 2.96. The van der Waals surface area contributed by atoms with Gasteiger partial charge in [0, 0.05) is 17.0 Å². The fourth-order valence-electron chi connectivity index (χ4n) is 2.96. The Morgan fingerprint density at radius 2 is 1.93 bits per heavy atom. The lowest BCUT2D eigenvalue weighted by molar-refractivity contribution is -0.145. The van der Waals surface area contributed by atoms with Crippen LogP contribution in [0.15, 0.2) is 51.7 Å². The molecule has 0 amide bonds. The van der Waals surface area contributed by atoms with Crippen molar-refractivity contribution in [1.29, 1.82) is 0 Å². The van der Waals surface area contributed by atoms with Crippen molar-refractivity contribution in [3.8, 4) is 0 Å².